The Morgan fingerprint density at radius 3 is 2.63 bits per heavy atom. The summed E-state index contributed by atoms with van der Waals surface area (Å²) in [6, 6.07) is 17.8. The lowest BCUT2D eigenvalue weighted by atomic mass is 10.2. The molecule has 2 aromatic carbocycles. The number of benzene rings is 2. The fourth-order valence-electron chi connectivity index (χ4n) is 2.90. The molecule has 0 aliphatic carbocycles. The molecule has 27 heavy (non-hydrogen) atoms. The van der Waals surface area contributed by atoms with E-state index < -0.39 is 0 Å². The summed E-state index contributed by atoms with van der Waals surface area (Å²) in [5.41, 5.74) is 1.88. The van der Waals surface area contributed by atoms with Crippen molar-refractivity contribution in [2.45, 2.75) is 11.3 Å². The highest BCUT2D eigenvalue weighted by Crippen LogP contribution is 2.27. The number of amides is 1. The van der Waals surface area contributed by atoms with Gasteiger partial charge in [0.25, 0.3) is 0 Å². The Labute approximate surface area is 165 Å². The van der Waals surface area contributed by atoms with E-state index in [2.05, 4.69) is 16.3 Å². The van der Waals surface area contributed by atoms with Crippen LogP contribution in [0.3, 0.4) is 0 Å². The smallest absolute Gasteiger partial charge is 0.248 e. The molecule has 0 unspecified atom stereocenters. The fourth-order valence-corrected chi connectivity index (χ4v) is 3.84. The molecule has 0 saturated carbocycles. The zero-order chi connectivity index (χ0) is 18.7. The lowest BCUT2D eigenvalue weighted by Gasteiger charge is -2.26. The number of nitrogens with one attached hydrogen (secondary N) is 1. The van der Waals surface area contributed by atoms with Crippen LogP contribution in [0.5, 0.6) is 0 Å². The van der Waals surface area contributed by atoms with Crippen LogP contribution in [0.15, 0.2) is 65.6 Å². The Balaban J connectivity index is 1.48. The van der Waals surface area contributed by atoms with Gasteiger partial charge in [0.2, 0.25) is 5.91 Å². The SMILES string of the molecule is O=C(C=Cc1ccccc1)Nc1ccccc1SCCCN1CCOCC1. The van der Waals surface area contributed by atoms with Crippen molar-refractivity contribution in [1.29, 1.82) is 0 Å². The number of hydrogen-bond acceptors (Lipinski definition) is 4. The molecule has 3 rings (SSSR count). The van der Waals surface area contributed by atoms with Gasteiger partial charge in [-0.1, -0.05) is 42.5 Å². The van der Waals surface area contributed by atoms with E-state index in [0.717, 1.165) is 61.2 Å². The van der Waals surface area contributed by atoms with E-state index in [0.29, 0.717) is 0 Å². The normalized spacial score (nSPS) is 15.1. The van der Waals surface area contributed by atoms with Gasteiger partial charge in [0.1, 0.15) is 0 Å². The minimum atomic E-state index is -0.111. The molecule has 5 heteroatoms. The number of morpholine rings is 1. The number of rotatable bonds is 8. The first kappa shape index (κ1) is 19.7. The topological polar surface area (TPSA) is 41.6 Å². The molecule has 1 heterocycles. The highest BCUT2D eigenvalue weighted by atomic mass is 32.2. The molecule has 1 N–H and O–H groups in total. The van der Waals surface area contributed by atoms with E-state index >= 15 is 0 Å². The minimum Gasteiger partial charge on any atom is -0.379 e. The molecule has 0 bridgehead atoms. The molecule has 2 aromatic rings. The van der Waals surface area contributed by atoms with Crippen molar-refractivity contribution < 1.29 is 9.53 Å². The van der Waals surface area contributed by atoms with Crippen LogP contribution < -0.4 is 5.32 Å². The van der Waals surface area contributed by atoms with Gasteiger partial charge in [0.05, 0.1) is 18.9 Å². The molecule has 1 saturated heterocycles. The summed E-state index contributed by atoms with van der Waals surface area (Å²) in [6.07, 6.45) is 4.53. The first-order valence-electron chi connectivity index (χ1n) is 9.37. The van der Waals surface area contributed by atoms with Crippen molar-refractivity contribution in [2.24, 2.45) is 0 Å². The van der Waals surface area contributed by atoms with Gasteiger partial charge < -0.3 is 10.1 Å². The quantitative estimate of drug-likeness (QED) is 0.423. The van der Waals surface area contributed by atoms with Gasteiger partial charge in [0, 0.05) is 24.1 Å². The summed E-state index contributed by atoms with van der Waals surface area (Å²) in [5.74, 6) is 0.921. The summed E-state index contributed by atoms with van der Waals surface area (Å²) in [7, 11) is 0. The van der Waals surface area contributed by atoms with Gasteiger partial charge in [-0.05, 0) is 42.5 Å². The van der Waals surface area contributed by atoms with Crippen LogP contribution in [-0.4, -0.2) is 49.4 Å². The van der Waals surface area contributed by atoms with Crippen molar-refractivity contribution in [3.8, 4) is 0 Å². The molecule has 0 spiro atoms. The molecule has 142 valence electrons. The van der Waals surface area contributed by atoms with Crippen molar-refractivity contribution >= 4 is 29.4 Å². The van der Waals surface area contributed by atoms with Crippen LogP contribution in [-0.2, 0) is 9.53 Å². The second kappa shape index (κ2) is 10.9. The van der Waals surface area contributed by atoms with E-state index in [4.69, 9.17) is 4.74 Å². The lowest BCUT2D eigenvalue weighted by molar-refractivity contribution is -0.111. The highest BCUT2D eigenvalue weighted by molar-refractivity contribution is 7.99. The molecule has 1 amide bonds. The number of nitrogens with zero attached hydrogens (tertiary/aromatic N) is 1. The zero-order valence-electron chi connectivity index (χ0n) is 15.5. The standard InChI is InChI=1S/C22H26N2O2S/c25-22(12-11-19-7-2-1-3-8-19)23-20-9-4-5-10-21(20)27-18-6-13-24-14-16-26-17-15-24/h1-5,7-12H,6,13-18H2,(H,23,25). The second-order valence-corrected chi connectivity index (χ2v) is 7.52. The second-order valence-electron chi connectivity index (χ2n) is 6.39. The van der Waals surface area contributed by atoms with Crippen molar-refractivity contribution in [3.05, 3.63) is 66.2 Å². The zero-order valence-corrected chi connectivity index (χ0v) is 16.3. The average Bonchev–Trinajstić information content (AvgIpc) is 2.72. The van der Waals surface area contributed by atoms with Crippen LogP contribution in [0.2, 0.25) is 0 Å². The number of para-hydroxylation sites is 1. The Kier molecular flexibility index (Phi) is 7.96. The predicted octanol–water partition coefficient (Wildman–Crippen LogP) is 4.15. The van der Waals surface area contributed by atoms with Gasteiger partial charge in [-0.15, -0.1) is 11.8 Å². The van der Waals surface area contributed by atoms with Gasteiger partial charge in [-0.25, -0.2) is 0 Å². The van der Waals surface area contributed by atoms with E-state index in [1.54, 1.807) is 17.8 Å². The summed E-state index contributed by atoms with van der Waals surface area (Å²) in [5, 5.41) is 3.00. The molecule has 0 aromatic heterocycles. The van der Waals surface area contributed by atoms with Gasteiger partial charge in [-0.3, -0.25) is 9.69 Å². The number of carbonyl (C=O) groups excluding carboxylic acids is 1. The van der Waals surface area contributed by atoms with E-state index in [-0.39, 0.29) is 5.91 Å². The maximum Gasteiger partial charge on any atom is 0.248 e. The largest absolute Gasteiger partial charge is 0.379 e. The number of thioether (sulfide) groups is 1. The van der Waals surface area contributed by atoms with Crippen LogP contribution in [0.1, 0.15) is 12.0 Å². The summed E-state index contributed by atoms with van der Waals surface area (Å²) in [4.78, 5) is 15.8. The van der Waals surface area contributed by atoms with Crippen LogP contribution in [0.4, 0.5) is 5.69 Å². The first-order valence-corrected chi connectivity index (χ1v) is 10.4. The predicted molar refractivity (Wildman–Crippen MR) is 113 cm³/mol. The van der Waals surface area contributed by atoms with Crippen molar-refractivity contribution in [1.82, 2.24) is 4.90 Å². The van der Waals surface area contributed by atoms with E-state index in [9.17, 15) is 4.79 Å². The monoisotopic (exact) mass is 382 g/mol. The number of carbonyl (C=O) groups is 1. The summed E-state index contributed by atoms with van der Waals surface area (Å²) in [6.45, 7) is 4.86. The maximum atomic E-state index is 12.2. The Morgan fingerprint density at radius 2 is 1.81 bits per heavy atom. The van der Waals surface area contributed by atoms with E-state index in [1.807, 2.05) is 54.6 Å². The first-order chi connectivity index (χ1) is 13.3. The van der Waals surface area contributed by atoms with Gasteiger partial charge >= 0.3 is 0 Å². The molecule has 4 nitrogen and oxygen atoms in total. The molecule has 0 radical (unpaired) electrons. The lowest BCUT2D eigenvalue weighted by Crippen LogP contribution is -2.36. The third-order valence-corrected chi connectivity index (χ3v) is 5.51. The molecule has 1 aliphatic rings. The Morgan fingerprint density at radius 1 is 1.07 bits per heavy atom. The summed E-state index contributed by atoms with van der Waals surface area (Å²) >= 11 is 1.80. The Hall–Kier alpha value is -2.08. The third kappa shape index (κ3) is 6.86. The van der Waals surface area contributed by atoms with Gasteiger partial charge in [-0.2, -0.15) is 0 Å². The molecule has 1 aliphatic heterocycles. The minimum absolute atomic E-state index is 0.111. The molecular weight excluding hydrogens is 356 g/mol. The summed E-state index contributed by atoms with van der Waals surface area (Å²) < 4.78 is 5.38. The van der Waals surface area contributed by atoms with Crippen LogP contribution in [0, 0.1) is 0 Å². The van der Waals surface area contributed by atoms with Crippen LogP contribution in [0.25, 0.3) is 6.08 Å². The number of ether oxygens (including phenoxy) is 1. The number of anilines is 1. The Bertz CT molecular complexity index is 743. The van der Waals surface area contributed by atoms with Crippen molar-refractivity contribution in [2.75, 3.05) is 43.9 Å². The van der Waals surface area contributed by atoms with Crippen molar-refractivity contribution in [3.63, 3.8) is 0 Å². The van der Waals surface area contributed by atoms with E-state index in [1.165, 1.54) is 0 Å². The third-order valence-electron chi connectivity index (χ3n) is 4.35. The van der Waals surface area contributed by atoms with Crippen LogP contribution >= 0.6 is 11.8 Å². The fraction of sp³-hybridized carbons (Fsp3) is 0.318. The molecule has 1 fully saturated rings. The number of hydrogen-bond donors (Lipinski definition) is 1. The average molecular weight is 383 g/mol. The maximum absolute atomic E-state index is 12.2. The highest BCUT2D eigenvalue weighted by Gasteiger charge is 2.10. The molecule has 0 atom stereocenters. The molecular formula is C22H26N2O2S. The van der Waals surface area contributed by atoms with Gasteiger partial charge in [0.15, 0.2) is 0 Å².